The predicted molar refractivity (Wildman–Crippen MR) is 79.5 cm³/mol. The minimum atomic E-state index is 0.348. The van der Waals surface area contributed by atoms with Crippen molar-refractivity contribution in [2.75, 3.05) is 7.05 Å². The van der Waals surface area contributed by atoms with E-state index in [9.17, 15) is 0 Å². The Labute approximate surface area is 119 Å². The molecule has 0 saturated carbocycles. The second-order valence-corrected chi connectivity index (χ2v) is 5.59. The number of aromatic nitrogens is 1. The molecule has 3 heteroatoms. The average molecular weight is 263 g/mol. The van der Waals surface area contributed by atoms with Crippen molar-refractivity contribution in [3.8, 4) is 0 Å². The van der Waals surface area contributed by atoms with E-state index in [1.165, 1.54) is 28.8 Å². The van der Waals surface area contributed by atoms with Crippen LogP contribution in [0, 0.1) is 5.92 Å². The molecule has 2 atom stereocenters. The van der Waals surface area contributed by atoms with Gasteiger partial charge >= 0.3 is 0 Å². The molecule has 1 aliphatic heterocycles. The summed E-state index contributed by atoms with van der Waals surface area (Å²) in [6, 6.07) is 13.3. The highest BCUT2D eigenvalue weighted by molar-refractivity contribution is 6.05. The topological polar surface area (TPSA) is 28.5 Å². The van der Waals surface area contributed by atoms with Gasteiger partial charge in [0.25, 0.3) is 0 Å². The van der Waals surface area contributed by atoms with Gasteiger partial charge in [-0.3, -0.25) is 9.99 Å². The van der Waals surface area contributed by atoms with Gasteiger partial charge in [0.1, 0.15) is 0 Å². The lowest BCUT2D eigenvalue weighted by Crippen LogP contribution is -2.27. The van der Waals surface area contributed by atoms with Gasteiger partial charge in [0, 0.05) is 30.9 Å². The maximum absolute atomic E-state index is 4.84. The smallest absolute Gasteiger partial charge is 0.0802 e. The number of pyridine rings is 1. The molecule has 0 spiro atoms. The van der Waals surface area contributed by atoms with Gasteiger partial charge in [0.2, 0.25) is 0 Å². The van der Waals surface area contributed by atoms with Crippen LogP contribution in [0.5, 0.6) is 0 Å². The number of nitrogens with zero attached hydrogens (tertiary/aromatic N) is 3. The number of aryl methyl sites for hydroxylation is 1. The second-order valence-electron chi connectivity index (χ2n) is 5.59. The minimum Gasteiger partial charge on any atom is -0.292 e. The summed E-state index contributed by atoms with van der Waals surface area (Å²) in [6.07, 6.45) is 6.07. The fourth-order valence-electron chi connectivity index (χ4n) is 3.57. The third-order valence-corrected chi connectivity index (χ3v) is 4.47. The Balaban J connectivity index is 1.77. The first-order chi connectivity index (χ1) is 9.84. The van der Waals surface area contributed by atoms with Gasteiger partial charge < -0.3 is 0 Å². The molecule has 1 aliphatic carbocycles. The summed E-state index contributed by atoms with van der Waals surface area (Å²) >= 11 is 0. The van der Waals surface area contributed by atoms with Gasteiger partial charge in [0.05, 0.1) is 11.8 Å². The zero-order valence-corrected chi connectivity index (χ0v) is 11.5. The Hall–Kier alpha value is -2.16. The molecular weight excluding hydrogens is 246 g/mol. The van der Waals surface area contributed by atoms with E-state index in [1.54, 1.807) is 0 Å². The van der Waals surface area contributed by atoms with E-state index in [4.69, 9.17) is 5.10 Å². The molecule has 1 aromatic carbocycles. The number of hydrogen-bond donors (Lipinski definition) is 0. The third kappa shape index (κ3) is 1.66. The molecule has 0 amide bonds. The first-order valence-corrected chi connectivity index (χ1v) is 7.14. The van der Waals surface area contributed by atoms with Crippen molar-refractivity contribution in [2.24, 2.45) is 11.0 Å². The van der Waals surface area contributed by atoms with E-state index in [1.807, 2.05) is 12.4 Å². The number of hydrazone groups is 1. The largest absolute Gasteiger partial charge is 0.292 e. The van der Waals surface area contributed by atoms with E-state index in [0.717, 1.165) is 6.42 Å². The zero-order chi connectivity index (χ0) is 13.5. The van der Waals surface area contributed by atoms with Gasteiger partial charge in [0.15, 0.2) is 0 Å². The number of benzene rings is 1. The second kappa shape index (κ2) is 4.44. The van der Waals surface area contributed by atoms with E-state index >= 15 is 0 Å². The van der Waals surface area contributed by atoms with Crippen molar-refractivity contribution in [1.29, 1.82) is 0 Å². The fourth-order valence-corrected chi connectivity index (χ4v) is 3.57. The van der Waals surface area contributed by atoms with Crippen LogP contribution in [0.15, 0.2) is 53.9 Å². The van der Waals surface area contributed by atoms with Gasteiger partial charge in [-0.1, -0.05) is 24.3 Å². The molecule has 2 aliphatic rings. The van der Waals surface area contributed by atoms with Crippen LogP contribution in [0.1, 0.15) is 29.2 Å². The lowest BCUT2D eigenvalue weighted by Gasteiger charge is -2.28. The van der Waals surface area contributed by atoms with E-state index < -0.39 is 0 Å². The highest BCUT2D eigenvalue weighted by Crippen LogP contribution is 2.42. The van der Waals surface area contributed by atoms with Crippen molar-refractivity contribution in [2.45, 2.75) is 18.9 Å². The molecule has 2 heterocycles. The summed E-state index contributed by atoms with van der Waals surface area (Å²) in [4.78, 5) is 4.13. The van der Waals surface area contributed by atoms with E-state index in [-0.39, 0.29) is 0 Å². The van der Waals surface area contributed by atoms with Gasteiger partial charge in [-0.2, -0.15) is 5.10 Å². The number of rotatable bonds is 1. The maximum atomic E-state index is 4.84. The van der Waals surface area contributed by atoms with Gasteiger partial charge in [-0.15, -0.1) is 0 Å². The Morgan fingerprint density at radius 1 is 1.10 bits per heavy atom. The Kier molecular flexibility index (Phi) is 2.59. The van der Waals surface area contributed by atoms with Crippen LogP contribution in [0.2, 0.25) is 0 Å². The Morgan fingerprint density at radius 2 is 1.90 bits per heavy atom. The first-order valence-electron chi connectivity index (χ1n) is 7.14. The quantitative estimate of drug-likeness (QED) is 0.791. The molecule has 100 valence electrons. The van der Waals surface area contributed by atoms with Crippen molar-refractivity contribution < 1.29 is 0 Å². The van der Waals surface area contributed by atoms with E-state index in [0.29, 0.717) is 12.0 Å². The minimum absolute atomic E-state index is 0.348. The molecule has 0 radical (unpaired) electrons. The zero-order valence-electron chi connectivity index (χ0n) is 11.5. The highest BCUT2D eigenvalue weighted by Gasteiger charge is 2.39. The molecular formula is C17H17N3. The third-order valence-electron chi connectivity index (χ3n) is 4.47. The average Bonchev–Trinajstić information content (AvgIpc) is 2.84. The lowest BCUT2D eigenvalue weighted by molar-refractivity contribution is 0.243. The van der Waals surface area contributed by atoms with Crippen LogP contribution in [-0.4, -0.2) is 22.8 Å². The van der Waals surface area contributed by atoms with Crippen LogP contribution in [0.25, 0.3) is 0 Å². The maximum Gasteiger partial charge on any atom is 0.0802 e. The van der Waals surface area contributed by atoms with Crippen molar-refractivity contribution in [3.63, 3.8) is 0 Å². The number of hydrogen-bond acceptors (Lipinski definition) is 3. The molecule has 0 unspecified atom stereocenters. The molecule has 0 bridgehead atoms. The molecule has 4 rings (SSSR count). The van der Waals surface area contributed by atoms with Crippen molar-refractivity contribution in [1.82, 2.24) is 9.99 Å². The molecule has 0 fully saturated rings. The predicted octanol–water partition coefficient (Wildman–Crippen LogP) is 3.03. The van der Waals surface area contributed by atoms with Crippen LogP contribution in [0.3, 0.4) is 0 Å². The molecule has 20 heavy (non-hydrogen) atoms. The van der Waals surface area contributed by atoms with Gasteiger partial charge in [-0.05, 0) is 36.1 Å². The summed E-state index contributed by atoms with van der Waals surface area (Å²) in [5.41, 5.74) is 5.35. The number of fused-ring (bicyclic) bond motifs is 3. The Bertz CT molecular complexity index is 663. The monoisotopic (exact) mass is 263 g/mol. The summed E-state index contributed by atoms with van der Waals surface area (Å²) in [5.74, 6) is 0.497. The van der Waals surface area contributed by atoms with Crippen molar-refractivity contribution >= 4 is 5.71 Å². The van der Waals surface area contributed by atoms with Gasteiger partial charge in [-0.25, -0.2) is 0 Å². The van der Waals surface area contributed by atoms with Crippen LogP contribution in [0.4, 0.5) is 0 Å². The van der Waals surface area contributed by atoms with Crippen LogP contribution >= 0.6 is 0 Å². The Morgan fingerprint density at radius 3 is 2.75 bits per heavy atom. The van der Waals surface area contributed by atoms with Crippen LogP contribution in [-0.2, 0) is 6.42 Å². The van der Waals surface area contributed by atoms with E-state index in [2.05, 4.69) is 53.4 Å². The molecule has 0 N–H and O–H groups in total. The molecule has 3 nitrogen and oxygen atoms in total. The molecule has 0 saturated heterocycles. The summed E-state index contributed by atoms with van der Waals surface area (Å²) in [5, 5.41) is 6.96. The SMILES string of the molecule is CN1N=C2c3ccccc3CC[C@H]2[C@H]1c1ccncc1. The molecule has 1 aromatic heterocycles. The highest BCUT2D eigenvalue weighted by atomic mass is 15.5. The van der Waals surface area contributed by atoms with Crippen LogP contribution < -0.4 is 0 Å². The fraction of sp³-hybridized carbons (Fsp3) is 0.294. The lowest BCUT2D eigenvalue weighted by atomic mass is 9.77. The molecule has 2 aromatic rings. The standard InChI is InChI=1S/C17H17N3/c1-20-17(13-8-10-18-11-9-13)15-7-6-12-4-2-3-5-14(12)16(15)19-20/h2-5,8-11,15,17H,6-7H2,1H3/t15-,17-/m1/s1. The summed E-state index contributed by atoms with van der Waals surface area (Å²) in [7, 11) is 2.08. The van der Waals surface area contributed by atoms with Crippen molar-refractivity contribution in [3.05, 3.63) is 65.5 Å². The first kappa shape index (κ1) is 11.6. The summed E-state index contributed by atoms with van der Waals surface area (Å²) < 4.78 is 0. The normalized spacial score (nSPS) is 24.1. The summed E-state index contributed by atoms with van der Waals surface area (Å²) in [6.45, 7) is 0.